The smallest absolute Gasteiger partial charge is 0.225 e. The van der Waals surface area contributed by atoms with E-state index < -0.39 is 0 Å². The van der Waals surface area contributed by atoms with Crippen LogP contribution in [0.2, 0.25) is 0 Å². The molecule has 0 unspecified atom stereocenters. The Morgan fingerprint density at radius 1 is 1.23 bits per heavy atom. The summed E-state index contributed by atoms with van der Waals surface area (Å²) in [6, 6.07) is 0.296. The molecule has 1 amide bonds. The van der Waals surface area contributed by atoms with Gasteiger partial charge in [-0.1, -0.05) is 13.8 Å². The number of carbonyl (C=O) groups excluding carboxylic acids is 1. The van der Waals surface area contributed by atoms with Crippen molar-refractivity contribution in [3.05, 3.63) is 11.6 Å². The summed E-state index contributed by atoms with van der Waals surface area (Å²) in [6.07, 6.45) is 4.60. The normalized spacial score (nSPS) is 15.5. The van der Waals surface area contributed by atoms with E-state index in [9.17, 15) is 4.79 Å². The highest BCUT2D eigenvalue weighted by molar-refractivity contribution is 5.80. The third-order valence-corrected chi connectivity index (χ3v) is 6.01. The second-order valence-corrected chi connectivity index (χ2v) is 8.12. The molecule has 0 radical (unpaired) electrons. The van der Waals surface area contributed by atoms with Gasteiger partial charge in [0.15, 0.2) is 11.8 Å². The topological polar surface area (TPSA) is 96.7 Å². The first-order chi connectivity index (χ1) is 15.0. The number of aromatic nitrogens is 3. The molecule has 0 atom stereocenters. The Labute approximate surface area is 187 Å². The zero-order chi connectivity index (χ0) is 22.6. The second-order valence-electron chi connectivity index (χ2n) is 8.12. The van der Waals surface area contributed by atoms with Crippen molar-refractivity contribution in [2.45, 2.75) is 72.4 Å². The van der Waals surface area contributed by atoms with E-state index in [4.69, 9.17) is 9.73 Å². The molecule has 31 heavy (non-hydrogen) atoms. The number of ether oxygens (including phenoxy) is 1. The van der Waals surface area contributed by atoms with Crippen molar-refractivity contribution >= 4 is 11.9 Å². The zero-order valence-corrected chi connectivity index (χ0v) is 20.0. The number of aliphatic imine (C=N–C) groups is 1. The summed E-state index contributed by atoms with van der Waals surface area (Å²) in [4.78, 5) is 19.4. The van der Waals surface area contributed by atoms with Crippen molar-refractivity contribution < 1.29 is 9.53 Å². The maximum atomic E-state index is 12.7. The van der Waals surface area contributed by atoms with E-state index >= 15 is 0 Å². The SMILES string of the molecule is CCOCCCNC(=NCc1nnc(C)n1C)NC1CCN(C(=O)C(CC)CC)CC1. The fraction of sp³-hybridized carbons (Fsp3) is 0.818. The highest BCUT2D eigenvalue weighted by atomic mass is 16.5. The summed E-state index contributed by atoms with van der Waals surface area (Å²) >= 11 is 0. The molecule has 2 heterocycles. The number of hydrogen-bond donors (Lipinski definition) is 2. The molecule has 0 aromatic carbocycles. The molecular formula is C22H41N7O2. The standard InChI is InChI=1S/C22H41N7O2/c1-6-18(7-2)21(30)29-13-10-19(11-14-29)25-22(23-12-9-15-31-8-3)24-16-20-27-26-17(4)28(20)5/h18-19H,6-16H2,1-5H3,(H2,23,24,25). The molecule has 1 saturated heterocycles. The van der Waals surface area contributed by atoms with Gasteiger partial charge in [-0.25, -0.2) is 4.99 Å². The molecule has 9 heteroatoms. The van der Waals surface area contributed by atoms with Gasteiger partial charge in [-0.15, -0.1) is 10.2 Å². The molecule has 0 spiro atoms. The van der Waals surface area contributed by atoms with Crippen LogP contribution in [0.5, 0.6) is 0 Å². The van der Waals surface area contributed by atoms with Crippen LogP contribution in [0.4, 0.5) is 0 Å². The van der Waals surface area contributed by atoms with Crippen LogP contribution in [0.25, 0.3) is 0 Å². The first kappa shape index (κ1) is 25.1. The van der Waals surface area contributed by atoms with Crippen LogP contribution in [0.1, 0.15) is 64.5 Å². The van der Waals surface area contributed by atoms with Crippen molar-refractivity contribution in [1.82, 2.24) is 30.3 Å². The van der Waals surface area contributed by atoms with Crippen LogP contribution < -0.4 is 10.6 Å². The maximum absolute atomic E-state index is 12.7. The number of nitrogens with zero attached hydrogens (tertiary/aromatic N) is 5. The van der Waals surface area contributed by atoms with Gasteiger partial charge in [0.2, 0.25) is 5.91 Å². The highest BCUT2D eigenvalue weighted by Crippen LogP contribution is 2.17. The largest absolute Gasteiger partial charge is 0.382 e. The minimum absolute atomic E-state index is 0.156. The highest BCUT2D eigenvalue weighted by Gasteiger charge is 2.26. The Bertz CT molecular complexity index is 692. The van der Waals surface area contributed by atoms with Crippen LogP contribution in [0, 0.1) is 12.8 Å². The third-order valence-electron chi connectivity index (χ3n) is 6.01. The van der Waals surface area contributed by atoms with Crippen LogP contribution >= 0.6 is 0 Å². The van der Waals surface area contributed by atoms with Gasteiger partial charge < -0.3 is 24.8 Å². The quantitative estimate of drug-likeness (QED) is 0.314. The van der Waals surface area contributed by atoms with Crippen molar-refractivity contribution in [2.24, 2.45) is 18.0 Å². The van der Waals surface area contributed by atoms with Crippen LogP contribution in [-0.2, 0) is 23.1 Å². The lowest BCUT2D eigenvalue weighted by Crippen LogP contribution is -2.50. The number of hydrogen-bond acceptors (Lipinski definition) is 5. The van der Waals surface area contributed by atoms with E-state index in [0.29, 0.717) is 18.5 Å². The van der Waals surface area contributed by atoms with Crippen LogP contribution in [0.3, 0.4) is 0 Å². The Morgan fingerprint density at radius 3 is 2.52 bits per heavy atom. The Hall–Kier alpha value is -2.16. The Kier molecular flexibility index (Phi) is 10.8. The van der Waals surface area contributed by atoms with Gasteiger partial charge >= 0.3 is 0 Å². The molecule has 1 aliphatic rings. The van der Waals surface area contributed by atoms with E-state index in [2.05, 4.69) is 34.7 Å². The van der Waals surface area contributed by atoms with Gasteiger partial charge in [-0.2, -0.15) is 0 Å². The van der Waals surface area contributed by atoms with Gasteiger partial charge in [-0.3, -0.25) is 4.79 Å². The lowest BCUT2D eigenvalue weighted by atomic mass is 9.98. The van der Waals surface area contributed by atoms with Crippen molar-refractivity contribution in [1.29, 1.82) is 0 Å². The molecule has 9 nitrogen and oxygen atoms in total. The van der Waals surface area contributed by atoms with Crippen molar-refractivity contribution in [3.8, 4) is 0 Å². The molecule has 176 valence electrons. The number of likely N-dealkylation sites (tertiary alicyclic amines) is 1. The van der Waals surface area contributed by atoms with Crippen LogP contribution in [-0.4, -0.2) is 70.4 Å². The monoisotopic (exact) mass is 435 g/mol. The van der Waals surface area contributed by atoms with E-state index in [1.54, 1.807) is 0 Å². The van der Waals surface area contributed by atoms with Gasteiger partial charge in [-0.05, 0) is 46.0 Å². The molecule has 2 rings (SSSR count). The molecule has 1 fully saturated rings. The summed E-state index contributed by atoms with van der Waals surface area (Å²) in [7, 11) is 1.95. The first-order valence-corrected chi connectivity index (χ1v) is 11.8. The van der Waals surface area contributed by atoms with Gasteiger partial charge in [0.1, 0.15) is 12.4 Å². The van der Waals surface area contributed by atoms with Gasteiger partial charge in [0, 0.05) is 51.9 Å². The van der Waals surface area contributed by atoms with Crippen molar-refractivity contribution in [3.63, 3.8) is 0 Å². The number of nitrogens with one attached hydrogen (secondary N) is 2. The second kappa shape index (κ2) is 13.3. The average molecular weight is 436 g/mol. The lowest BCUT2D eigenvalue weighted by molar-refractivity contribution is -0.136. The Morgan fingerprint density at radius 2 is 1.94 bits per heavy atom. The summed E-state index contributed by atoms with van der Waals surface area (Å²) < 4.78 is 7.38. The number of carbonyl (C=O) groups is 1. The lowest BCUT2D eigenvalue weighted by Gasteiger charge is -2.35. The zero-order valence-electron chi connectivity index (χ0n) is 20.0. The van der Waals surface area contributed by atoms with E-state index in [0.717, 1.165) is 82.6 Å². The summed E-state index contributed by atoms with van der Waals surface area (Å²) in [5, 5.41) is 15.3. The van der Waals surface area contributed by atoms with Crippen molar-refractivity contribution in [2.75, 3.05) is 32.8 Å². The predicted octanol–water partition coefficient (Wildman–Crippen LogP) is 2.01. The van der Waals surface area contributed by atoms with E-state index in [1.165, 1.54) is 0 Å². The fourth-order valence-electron chi connectivity index (χ4n) is 3.75. The Balaban J connectivity index is 1.91. The fourth-order valence-corrected chi connectivity index (χ4v) is 3.75. The minimum atomic E-state index is 0.156. The summed E-state index contributed by atoms with van der Waals surface area (Å²) in [6.45, 7) is 12.4. The molecule has 1 aliphatic heterocycles. The van der Waals surface area contributed by atoms with E-state index in [1.807, 2.05) is 30.4 Å². The number of guanidine groups is 1. The number of aryl methyl sites for hydroxylation is 1. The maximum Gasteiger partial charge on any atom is 0.225 e. The molecule has 2 N–H and O–H groups in total. The number of amides is 1. The average Bonchev–Trinajstić information content (AvgIpc) is 3.10. The van der Waals surface area contributed by atoms with Gasteiger partial charge in [0.25, 0.3) is 0 Å². The summed E-state index contributed by atoms with van der Waals surface area (Å²) in [5.41, 5.74) is 0. The molecule has 0 bridgehead atoms. The molecule has 0 aliphatic carbocycles. The first-order valence-electron chi connectivity index (χ1n) is 11.8. The molecular weight excluding hydrogens is 394 g/mol. The molecule has 1 aromatic heterocycles. The van der Waals surface area contributed by atoms with Crippen LogP contribution in [0.15, 0.2) is 4.99 Å². The molecule has 0 saturated carbocycles. The molecule has 1 aromatic rings. The predicted molar refractivity (Wildman–Crippen MR) is 123 cm³/mol. The number of rotatable bonds is 11. The number of piperidine rings is 1. The van der Waals surface area contributed by atoms with Gasteiger partial charge in [0.05, 0.1) is 0 Å². The third kappa shape index (κ3) is 7.79. The summed E-state index contributed by atoms with van der Waals surface area (Å²) in [5.74, 6) is 2.95. The minimum Gasteiger partial charge on any atom is -0.382 e. The van der Waals surface area contributed by atoms with E-state index in [-0.39, 0.29) is 5.92 Å².